The van der Waals surface area contributed by atoms with E-state index in [1.807, 2.05) is 47.2 Å². The first kappa shape index (κ1) is 15.3. The Bertz CT molecular complexity index is 825. The Hall–Kier alpha value is -2.59. The van der Waals surface area contributed by atoms with E-state index < -0.39 is 5.97 Å². The first-order valence-electron chi connectivity index (χ1n) is 7.19. The molecule has 0 aliphatic carbocycles. The van der Waals surface area contributed by atoms with Gasteiger partial charge in [0, 0.05) is 30.4 Å². The summed E-state index contributed by atoms with van der Waals surface area (Å²) >= 11 is 5.90. The first-order valence-corrected chi connectivity index (χ1v) is 7.57. The van der Waals surface area contributed by atoms with Crippen LogP contribution in [0.5, 0.6) is 0 Å². The average molecular weight is 327 g/mol. The van der Waals surface area contributed by atoms with Crippen molar-refractivity contribution in [3.63, 3.8) is 0 Å². The van der Waals surface area contributed by atoms with E-state index >= 15 is 0 Å². The predicted molar refractivity (Wildman–Crippen MR) is 89.0 cm³/mol. The van der Waals surface area contributed by atoms with Crippen LogP contribution in [0.25, 0.3) is 0 Å². The molecule has 1 heterocycles. The fraction of sp³-hybridized carbons (Fsp3) is 0.111. The number of hydrogen-bond acceptors (Lipinski definition) is 2. The van der Waals surface area contributed by atoms with Crippen molar-refractivity contribution in [1.82, 2.24) is 9.55 Å². The molecule has 0 bridgehead atoms. The van der Waals surface area contributed by atoms with E-state index in [9.17, 15) is 9.90 Å². The van der Waals surface area contributed by atoms with Gasteiger partial charge in [-0.3, -0.25) is 0 Å². The molecule has 3 aromatic rings. The molecule has 0 saturated heterocycles. The van der Waals surface area contributed by atoms with Crippen molar-refractivity contribution in [1.29, 1.82) is 0 Å². The van der Waals surface area contributed by atoms with E-state index in [1.54, 1.807) is 18.3 Å². The van der Waals surface area contributed by atoms with Crippen molar-refractivity contribution >= 4 is 17.6 Å². The lowest BCUT2D eigenvalue weighted by Crippen LogP contribution is -2.09. The quantitative estimate of drug-likeness (QED) is 0.774. The zero-order chi connectivity index (χ0) is 16.2. The highest BCUT2D eigenvalue weighted by molar-refractivity contribution is 6.30. The molecule has 0 radical (unpaired) electrons. The van der Waals surface area contributed by atoms with Crippen LogP contribution in [-0.2, 0) is 13.0 Å². The van der Waals surface area contributed by atoms with E-state index in [4.69, 9.17) is 11.6 Å². The molecule has 2 aromatic carbocycles. The number of halogens is 1. The number of aromatic carboxylic acids is 1. The van der Waals surface area contributed by atoms with E-state index in [0.717, 1.165) is 17.0 Å². The molecule has 0 aliphatic rings. The van der Waals surface area contributed by atoms with E-state index in [1.165, 1.54) is 0 Å². The van der Waals surface area contributed by atoms with Crippen molar-refractivity contribution in [3.8, 4) is 0 Å². The molecular formula is C18H15ClN2O2. The van der Waals surface area contributed by atoms with Crippen molar-refractivity contribution in [2.45, 2.75) is 13.0 Å². The molecule has 0 unspecified atom stereocenters. The Kier molecular flexibility index (Phi) is 4.44. The number of rotatable bonds is 5. The second kappa shape index (κ2) is 6.67. The second-order valence-corrected chi connectivity index (χ2v) is 5.67. The van der Waals surface area contributed by atoms with Crippen LogP contribution >= 0.6 is 11.6 Å². The molecular weight excluding hydrogens is 312 g/mol. The summed E-state index contributed by atoms with van der Waals surface area (Å²) in [5.41, 5.74) is 2.18. The third-order valence-electron chi connectivity index (χ3n) is 3.67. The van der Waals surface area contributed by atoms with Crippen LogP contribution in [0.15, 0.2) is 60.9 Å². The van der Waals surface area contributed by atoms with Crippen molar-refractivity contribution in [2.24, 2.45) is 0 Å². The fourth-order valence-electron chi connectivity index (χ4n) is 2.49. The summed E-state index contributed by atoms with van der Waals surface area (Å²) in [5, 5.41) is 9.99. The van der Waals surface area contributed by atoms with Gasteiger partial charge in [0.15, 0.2) is 0 Å². The van der Waals surface area contributed by atoms with Gasteiger partial charge in [0.1, 0.15) is 5.82 Å². The maximum absolute atomic E-state index is 11.3. The Morgan fingerprint density at radius 3 is 2.61 bits per heavy atom. The Labute approximate surface area is 139 Å². The normalized spacial score (nSPS) is 10.7. The third-order valence-corrected chi connectivity index (χ3v) is 3.92. The molecule has 3 rings (SSSR count). The first-order chi connectivity index (χ1) is 11.1. The number of nitrogens with zero attached hydrogens (tertiary/aromatic N) is 2. The van der Waals surface area contributed by atoms with Crippen molar-refractivity contribution in [2.75, 3.05) is 0 Å². The van der Waals surface area contributed by atoms with Gasteiger partial charge < -0.3 is 9.67 Å². The largest absolute Gasteiger partial charge is 0.478 e. The molecule has 4 nitrogen and oxygen atoms in total. The van der Waals surface area contributed by atoms with Crippen LogP contribution in [0.4, 0.5) is 0 Å². The van der Waals surface area contributed by atoms with E-state index in [0.29, 0.717) is 23.6 Å². The SMILES string of the molecule is O=C(O)c1ccccc1Cn1ccnc1Cc1ccc(Cl)cc1. The standard InChI is InChI=1S/C18H15ClN2O2/c19-15-7-5-13(6-8-15)11-17-20-9-10-21(17)12-14-3-1-2-4-16(14)18(22)23/h1-10H,11-12H2,(H,22,23). The Morgan fingerprint density at radius 1 is 1.13 bits per heavy atom. The average Bonchev–Trinajstić information content (AvgIpc) is 2.97. The number of hydrogen-bond donors (Lipinski definition) is 1. The van der Waals surface area contributed by atoms with E-state index in [-0.39, 0.29) is 0 Å². The topological polar surface area (TPSA) is 55.1 Å². The molecule has 0 fully saturated rings. The van der Waals surface area contributed by atoms with Crippen molar-refractivity contribution < 1.29 is 9.90 Å². The molecule has 116 valence electrons. The lowest BCUT2D eigenvalue weighted by molar-refractivity contribution is 0.0695. The second-order valence-electron chi connectivity index (χ2n) is 5.24. The molecule has 1 aromatic heterocycles. The van der Waals surface area contributed by atoms with Gasteiger partial charge in [-0.25, -0.2) is 9.78 Å². The lowest BCUT2D eigenvalue weighted by Gasteiger charge is -2.10. The molecule has 0 atom stereocenters. The van der Waals surface area contributed by atoms with Gasteiger partial charge in [0.25, 0.3) is 0 Å². The maximum atomic E-state index is 11.3. The minimum Gasteiger partial charge on any atom is -0.478 e. The number of imidazole rings is 1. The van der Waals surface area contributed by atoms with Crippen LogP contribution in [0.3, 0.4) is 0 Å². The highest BCUT2D eigenvalue weighted by Gasteiger charge is 2.11. The number of aromatic nitrogens is 2. The molecule has 0 saturated carbocycles. The van der Waals surface area contributed by atoms with Gasteiger partial charge in [-0.05, 0) is 29.3 Å². The summed E-state index contributed by atoms with van der Waals surface area (Å²) in [4.78, 5) is 15.7. The summed E-state index contributed by atoms with van der Waals surface area (Å²) < 4.78 is 1.97. The summed E-state index contributed by atoms with van der Waals surface area (Å²) in [6.07, 6.45) is 4.26. The lowest BCUT2D eigenvalue weighted by atomic mass is 10.1. The van der Waals surface area contributed by atoms with Crippen molar-refractivity contribution in [3.05, 3.63) is 88.5 Å². The van der Waals surface area contributed by atoms with E-state index in [2.05, 4.69) is 4.98 Å². The Morgan fingerprint density at radius 2 is 1.87 bits per heavy atom. The molecule has 0 aliphatic heterocycles. The zero-order valence-electron chi connectivity index (χ0n) is 12.3. The maximum Gasteiger partial charge on any atom is 0.336 e. The highest BCUT2D eigenvalue weighted by atomic mass is 35.5. The van der Waals surface area contributed by atoms with Gasteiger partial charge in [-0.1, -0.05) is 41.9 Å². The molecule has 0 spiro atoms. The Balaban J connectivity index is 1.84. The van der Waals surface area contributed by atoms with Gasteiger partial charge in [-0.2, -0.15) is 0 Å². The molecule has 1 N–H and O–H groups in total. The molecule has 5 heteroatoms. The minimum absolute atomic E-state index is 0.318. The number of benzene rings is 2. The summed E-state index contributed by atoms with van der Waals surface area (Å²) in [6.45, 7) is 0.478. The van der Waals surface area contributed by atoms with Gasteiger partial charge in [-0.15, -0.1) is 0 Å². The van der Waals surface area contributed by atoms with Crippen LogP contribution < -0.4 is 0 Å². The van der Waals surface area contributed by atoms with Gasteiger partial charge >= 0.3 is 5.97 Å². The molecule has 23 heavy (non-hydrogen) atoms. The predicted octanol–water partition coefficient (Wildman–Crippen LogP) is 3.87. The van der Waals surface area contributed by atoms with Crippen LogP contribution in [0.2, 0.25) is 5.02 Å². The van der Waals surface area contributed by atoms with Gasteiger partial charge in [0.05, 0.1) is 5.56 Å². The minimum atomic E-state index is -0.917. The summed E-state index contributed by atoms with van der Waals surface area (Å²) in [6, 6.07) is 14.7. The third kappa shape index (κ3) is 3.60. The smallest absolute Gasteiger partial charge is 0.336 e. The molecule has 0 amide bonds. The fourth-order valence-corrected chi connectivity index (χ4v) is 2.61. The van der Waals surface area contributed by atoms with Crippen LogP contribution in [-0.4, -0.2) is 20.6 Å². The highest BCUT2D eigenvalue weighted by Crippen LogP contribution is 2.15. The van der Waals surface area contributed by atoms with Crippen LogP contribution in [0, 0.1) is 0 Å². The number of carboxylic acids is 1. The van der Waals surface area contributed by atoms with Crippen LogP contribution in [0.1, 0.15) is 27.3 Å². The summed E-state index contributed by atoms with van der Waals surface area (Å²) in [5.74, 6) is -0.0347. The van der Waals surface area contributed by atoms with Gasteiger partial charge in [0.2, 0.25) is 0 Å². The number of carboxylic acid groups (broad SMARTS) is 1. The summed E-state index contributed by atoms with van der Waals surface area (Å²) in [7, 11) is 0. The zero-order valence-corrected chi connectivity index (χ0v) is 13.1. The monoisotopic (exact) mass is 326 g/mol. The number of carbonyl (C=O) groups is 1.